The van der Waals surface area contributed by atoms with Gasteiger partial charge in [0.25, 0.3) is 0 Å². The van der Waals surface area contributed by atoms with E-state index in [1.54, 1.807) is 18.0 Å². The van der Waals surface area contributed by atoms with Gasteiger partial charge < -0.3 is 11.1 Å². The normalized spacial score (nSPS) is 10.4. The van der Waals surface area contributed by atoms with Gasteiger partial charge in [-0.05, 0) is 25.3 Å². The van der Waals surface area contributed by atoms with Gasteiger partial charge in [0, 0.05) is 28.9 Å². The maximum absolute atomic E-state index is 5.83. The fraction of sp³-hybridized carbons (Fsp3) is 0.231. The number of nitrogens with zero attached hydrogens (tertiary/aromatic N) is 2. The minimum atomic E-state index is 0.398. The molecule has 0 unspecified atom stereocenters. The minimum absolute atomic E-state index is 0.398. The lowest BCUT2D eigenvalue weighted by molar-refractivity contribution is 0.660. The van der Waals surface area contributed by atoms with Crippen LogP contribution >= 0.6 is 24.0 Å². The molecule has 3 N–H and O–H groups in total. The van der Waals surface area contributed by atoms with Crippen LogP contribution in [0.4, 0.5) is 11.4 Å². The summed E-state index contributed by atoms with van der Waals surface area (Å²) in [7, 11) is 0. The van der Waals surface area contributed by atoms with E-state index in [2.05, 4.69) is 10.4 Å². The number of thiocarbonyl (C=S) groups is 1. The molecule has 19 heavy (non-hydrogen) atoms. The Morgan fingerprint density at radius 2 is 2.32 bits per heavy atom. The Kier molecular flexibility index (Phi) is 4.44. The van der Waals surface area contributed by atoms with Crippen LogP contribution in [0.5, 0.6) is 0 Å². The van der Waals surface area contributed by atoms with E-state index in [1.165, 1.54) is 0 Å². The first kappa shape index (κ1) is 13.9. The molecule has 0 amide bonds. The standard InChI is InChI=1S/C13H16N4S2/c1-3-17-8-9(7-15-17)16-10-5-4-6-11(19-2)12(10)13(14)18/h4-8,16H,3H2,1-2H3,(H2,14,18). The lowest BCUT2D eigenvalue weighted by atomic mass is 10.1. The monoisotopic (exact) mass is 292 g/mol. The van der Waals surface area contributed by atoms with Gasteiger partial charge in [-0.1, -0.05) is 18.3 Å². The lowest BCUT2D eigenvalue weighted by Crippen LogP contribution is -2.13. The smallest absolute Gasteiger partial charge is 0.107 e. The van der Waals surface area contributed by atoms with Crippen LogP contribution in [-0.2, 0) is 6.54 Å². The molecule has 0 atom stereocenters. The summed E-state index contributed by atoms with van der Waals surface area (Å²) in [6.45, 7) is 2.89. The SMILES string of the molecule is CCn1cc(Nc2cccc(SC)c2C(N)=S)cn1. The van der Waals surface area contributed by atoms with Crippen molar-refractivity contribution >= 4 is 40.3 Å². The van der Waals surface area contributed by atoms with Gasteiger partial charge in [0.1, 0.15) is 4.99 Å². The van der Waals surface area contributed by atoms with Crippen molar-refractivity contribution in [2.45, 2.75) is 18.4 Å². The maximum atomic E-state index is 5.83. The topological polar surface area (TPSA) is 55.9 Å². The molecule has 0 aliphatic rings. The highest BCUT2D eigenvalue weighted by Crippen LogP contribution is 2.29. The number of hydrogen-bond donors (Lipinski definition) is 2. The van der Waals surface area contributed by atoms with E-state index in [-0.39, 0.29) is 0 Å². The molecule has 0 radical (unpaired) electrons. The molecule has 2 rings (SSSR count). The molecule has 0 aliphatic heterocycles. The second kappa shape index (κ2) is 6.08. The minimum Gasteiger partial charge on any atom is -0.389 e. The first-order valence-corrected chi connectivity index (χ1v) is 7.55. The van der Waals surface area contributed by atoms with E-state index in [4.69, 9.17) is 18.0 Å². The van der Waals surface area contributed by atoms with Gasteiger partial charge in [0.2, 0.25) is 0 Å². The largest absolute Gasteiger partial charge is 0.389 e. The Balaban J connectivity index is 2.36. The predicted octanol–water partition coefficient (Wildman–Crippen LogP) is 3.00. The highest BCUT2D eigenvalue weighted by atomic mass is 32.2. The van der Waals surface area contributed by atoms with Crippen LogP contribution in [0.3, 0.4) is 0 Å². The number of hydrogen-bond acceptors (Lipinski definition) is 4. The molecule has 1 aromatic heterocycles. The number of rotatable bonds is 5. The second-order valence-electron chi connectivity index (χ2n) is 3.96. The molecule has 0 saturated carbocycles. The maximum Gasteiger partial charge on any atom is 0.107 e. The van der Waals surface area contributed by atoms with Crippen LogP contribution in [0.1, 0.15) is 12.5 Å². The number of aryl methyl sites for hydroxylation is 1. The fourth-order valence-electron chi connectivity index (χ4n) is 1.82. The molecule has 1 heterocycles. The zero-order valence-corrected chi connectivity index (χ0v) is 12.5. The fourth-order valence-corrected chi connectivity index (χ4v) is 2.74. The summed E-state index contributed by atoms with van der Waals surface area (Å²) in [5.41, 5.74) is 8.56. The molecule has 6 heteroatoms. The summed E-state index contributed by atoms with van der Waals surface area (Å²) in [5, 5.41) is 7.55. The van der Waals surface area contributed by atoms with Crippen LogP contribution in [-0.4, -0.2) is 21.0 Å². The van der Waals surface area contributed by atoms with Crippen molar-refractivity contribution in [3.8, 4) is 0 Å². The number of thioether (sulfide) groups is 1. The number of nitrogens with two attached hydrogens (primary N) is 1. The molecule has 2 aromatic rings. The Hall–Kier alpha value is -1.53. The zero-order chi connectivity index (χ0) is 13.8. The van der Waals surface area contributed by atoms with E-state index in [9.17, 15) is 0 Å². The van der Waals surface area contributed by atoms with E-state index >= 15 is 0 Å². The quantitative estimate of drug-likeness (QED) is 0.655. The second-order valence-corrected chi connectivity index (χ2v) is 5.24. The molecule has 100 valence electrons. The summed E-state index contributed by atoms with van der Waals surface area (Å²) in [5.74, 6) is 0. The summed E-state index contributed by atoms with van der Waals surface area (Å²) in [6, 6.07) is 5.97. The zero-order valence-electron chi connectivity index (χ0n) is 10.9. The van der Waals surface area contributed by atoms with Crippen molar-refractivity contribution in [3.63, 3.8) is 0 Å². The number of anilines is 2. The number of nitrogens with one attached hydrogen (secondary N) is 1. The van der Waals surface area contributed by atoms with Gasteiger partial charge in [0.05, 0.1) is 11.9 Å². The first-order valence-electron chi connectivity index (χ1n) is 5.92. The number of benzene rings is 1. The third-order valence-electron chi connectivity index (χ3n) is 2.73. The molecule has 0 bridgehead atoms. The summed E-state index contributed by atoms with van der Waals surface area (Å²) in [6.07, 6.45) is 5.75. The first-order chi connectivity index (χ1) is 9.15. The highest BCUT2D eigenvalue weighted by molar-refractivity contribution is 7.98. The van der Waals surface area contributed by atoms with Crippen molar-refractivity contribution in [2.24, 2.45) is 5.73 Å². The van der Waals surface area contributed by atoms with Crippen molar-refractivity contribution in [2.75, 3.05) is 11.6 Å². The van der Waals surface area contributed by atoms with Gasteiger partial charge in [0.15, 0.2) is 0 Å². The van der Waals surface area contributed by atoms with Gasteiger partial charge in [-0.2, -0.15) is 5.10 Å². The molecule has 0 fully saturated rings. The van der Waals surface area contributed by atoms with Crippen LogP contribution in [0.15, 0.2) is 35.5 Å². The average molecular weight is 292 g/mol. The molecular weight excluding hydrogens is 276 g/mol. The van der Waals surface area contributed by atoms with Gasteiger partial charge in [-0.25, -0.2) is 0 Å². The van der Waals surface area contributed by atoms with E-state index < -0.39 is 0 Å². The van der Waals surface area contributed by atoms with E-state index in [0.29, 0.717) is 4.99 Å². The highest BCUT2D eigenvalue weighted by Gasteiger charge is 2.11. The molecule has 0 aliphatic carbocycles. The Morgan fingerprint density at radius 1 is 1.53 bits per heavy atom. The molecule has 4 nitrogen and oxygen atoms in total. The Bertz CT molecular complexity index is 592. The van der Waals surface area contributed by atoms with Crippen LogP contribution in [0.25, 0.3) is 0 Å². The molecule has 1 aromatic carbocycles. The van der Waals surface area contributed by atoms with Gasteiger partial charge in [-0.15, -0.1) is 11.8 Å². The van der Waals surface area contributed by atoms with Gasteiger partial charge in [-0.3, -0.25) is 4.68 Å². The predicted molar refractivity (Wildman–Crippen MR) is 85.3 cm³/mol. The third-order valence-corrected chi connectivity index (χ3v) is 3.71. The van der Waals surface area contributed by atoms with E-state index in [0.717, 1.165) is 28.4 Å². The molecular formula is C13H16N4S2. The van der Waals surface area contributed by atoms with Gasteiger partial charge >= 0.3 is 0 Å². The van der Waals surface area contributed by atoms with Crippen molar-refractivity contribution in [3.05, 3.63) is 36.2 Å². The van der Waals surface area contributed by atoms with Crippen molar-refractivity contribution < 1.29 is 0 Å². The van der Waals surface area contributed by atoms with Crippen LogP contribution in [0, 0.1) is 0 Å². The average Bonchev–Trinajstić information content (AvgIpc) is 2.85. The molecule has 0 spiro atoms. The Morgan fingerprint density at radius 3 is 2.89 bits per heavy atom. The Labute approximate surface area is 122 Å². The molecule has 0 saturated heterocycles. The van der Waals surface area contributed by atoms with E-state index in [1.807, 2.05) is 42.3 Å². The van der Waals surface area contributed by atoms with Crippen LogP contribution in [0.2, 0.25) is 0 Å². The summed E-state index contributed by atoms with van der Waals surface area (Å²) < 4.78 is 1.86. The summed E-state index contributed by atoms with van der Waals surface area (Å²) in [4.78, 5) is 1.47. The van der Waals surface area contributed by atoms with Crippen molar-refractivity contribution in [1.82, 2.24) is 9.78 Å². The van der Waals surface area contributed by atoms with Crippen LogP contribution < -0.4 is 11.1 Å². The third kappa shape index (κ3) is 3.08. The number of aromatic nitrogens is 2. The summed E-state index contributed by atoms with van der Waals surface area (Å²) >= 11 is 6.78. The lowest BCUT2D eigenvalue weighted by Gasteiger charge is -2.13. The van der Waals surface area contributed by atoms with Crippen molar-refractivity contribution in [1.29, 1.82) is 0 Å².